The predicted molar refractivity (Wildman–Crippen MR) is 80.3 cm³/mol. The van der Waals surface area contributed by atoms with E-state index in [1.165, 1.54) is 4.88 Å². The molecule has 0 bridgehead atoms. The van der Waals surface area contributed by atoms with Gasteiger partial charge in [-0.15, -0.1) is 11.3 Å². The van der Waals surface area contributed by atoms with Gasteiger partial charge in [0.05, 0.1) is 12.1 Å². The highest BCUT2D eigenvalue weighted by atomic mass is 32.1. The van der Waals surface area contributed by atoms with E-state index in [9.17, 15) is 0 Å². The van der Waals surface area contributed by atoms with Crippen LogP contribution in [0.3, 0.4) is 0 Å². The fourth-order valence-electron chi connectivity index (χ4n) is 1.97. The largest absolute Gasteiger partial charge is 0.399 e. The third-order valence-electron chi connectivity index (χ3n) is 2.87. The molecule has 0 aliphatic heterocycles. The Hall–Kier alpha value is -2.14. The van der Waals surface area contributed by atoms with Crippen molar-refractivity contribution >= 4 is 33.6 Å². The standard InChI is InChI=1S/C14H14N4S/c1-9-7-18-14(19-9)8-17-12-4-5-16-13-6-10(15)2-3-11(12)13/h2-7H,8,15H2,1H3,(H,16,17). The average molecular weight is 270 g/mol. The van der Waals surface area contributed by atoms with Crippen LogP contribution in [-0.4, -0.2) is 9.97 Å². The van der Waals surface area contributed by atoms with Crippen molar-refractivity contribution in [3.05, 3.63) is 46.5 Å². The zero-order chi connectivity index (χ0) is 13.2. The Morgan fingerprint density at radius 2 is 2.16 bits per heavy atom. The van der Waals surface area contributed by atoms with Crippen LogP contribution >= 0.6 is 11.3 Å². The molecule has 3 rings (SSSR count). The molecule has 0 spiro atoms. The number of aryl methyl sites for hydroxylation is 1. The van der Waals surface area contributed by atoms with Crippen LogP contribution in [0.15, 0.2) is 36.7 Å². The third kappa shape index (κ3) is 2.51. The van der Waals surface area contributed by atoms with Gasteiger partial charge in [-0.25, -0.2) is 4.98 Å². The molecule has 2 heterocycles. The molecule has 3 N–H and O–H groups in total. The highest BCUT2D eigenvalue weighted by Crippen LogP contribution is 2.24. The van der Waals surface area contributed by atoms with Crippen LogP contribution in [-0.2, 0) is 6.54 Å². The topological polar surface area (TPSA) is 63.8 Å². The number of benzene rings is 1. The van der Waals surface area contributed by atoms with E-state index in [-0.39, 0.29) is 0 Å². The van der Waals surface area contributed by atoms with Crippen LogP contribution in [0, 0.1) is 6.92 Å². The fraction of sp³-hybridized carbons (Fsp3) is 0.143. The molecule has 0 radical (unpaired) electrons. The Bertz CT molecular complexity index is 720. The molecular formula is C14H14N4S. The SMILES string of the molecule is Cc1cnc(CNc2ccnc3cc(N)ccc23)s1. The van der Waals surface area contributed by atoms with E-state index in [1.807, 2.05) is 30.5 Å². The van der Waals surface area contributed by atoms with Crippen molar-refractivity contribution < 1.29 is 0 Å². The zero-order valence-electron chi connectivity index (χ0n) is 10.6. The molecule has 0 saturated heterocycles. The maximum Gasteiger partial charge on any atom is 0.112 e. The smallest absolute Gasteiger partial charge is 0.112 e. The van der Waals surface area contributed by atoms with Gasteiger partial charge in [-0.1, -0.05) is 0 Å². The summed E-state index contributed by atoms with van der Waals surface area (Å²) in [5.74, 6) is 0. The number of nitrogens with zero attached hydrogens (tertiary/aromatic N) is 2. The van der Waals surface area contributed by atoms with Gasteiger partial charge in [0, 0.05) is 34.0 Å². The molecule has 0 unspecified atom stereocenters. The van der Waals surface area contributed by atoms with Crippen molar-refractivity contribution in [1.82, 2.24) is 9.97 Å². The van der Waals surface area contributed by atoms with Gasteiger partial charge < -0.3 is 11.1 Å². The Labute approximate surface area is 115 Å². The van der Waals surface area contributed by atoms with Crippen LogP contribution in [0.5, 0.6) is 0 Å². The maximum absolute atomic E-state index is 5.77. The second kappa shape index (κ2) is 4.85. The Kier molecular flexibility index (Phi) is 3.05. The molecule has 3 aromatic rings. The van der Waals surface area contributed by atoms with Crippen LogP contribution in [0.1, 0.15) is 9.88 Å². The van der Waals surface area contributed by atoms with Gasteiger partial charge in [-0.05, 0) is 31.2 Å². The molecule has 2 aromatic heterocycles. The summed E-state index contributed by atoms with van der Waals surface area (Å²) < 4.78 is 0. The number of rotatable bonds is 3. The number of nitrogens with one attached hydrogen (secondary N) is 1. The third-order valence-corrected chi connectivity index (χ3v) is 3.78. The van der Waals surface area contributed by atoms with Crippen molar-refractivity contribution in [1.29, 1.82) is 0 Å². The van der Waals surface area contributed by atoms with Gasteiger partial charge in [0.25, 0.3) is 0 Å². The number of hydrogen-bond acceptors (Lipinski definition) is 5. The van der Waals surface area contributed by atoms with Gasteiger partial charge in [0.1, 0.15) is 5.01 Å². The molecule has 0 saturated carbocycles. The van der Waals surface area contributed by atoms with Crippen LogP contribution in [0.4, 0.5) is 11.4 Å². The van der Waals surface area contributed by atoms with Gasteiger partial charge in [0.15, 0.2) is 0 Å². The van der Waals surface area contributed by atoms with Crippen molar-refractivity contribution in [3.8, 4) is 0 Å². The van der Waals surface area contributed by atoms with Gasteiger partial charge in [-0.2, -0.15) is 0 Å². The molecule has 0 atom stereocenters. The summed E-state index contributed by atoms with van der Waals surface area (Å²) in [4.78, 5) is 9.90. The van der Waals surface area contributed by atoms with Crippen molar-refractivity contribution in [3.63, 3.8) is 0 Å². The minimum absolute atomic E-state index is 0.724. The lowest BCUT2D eigenvalue weighted by atomic mass is 10.1. The number of fused-ring (bicyclic) bond motifs is 1. The monoisotopic (exact) mass is 270 g/mol. The summed E-state index contributed by atoms with van der Waals surface area (Å²) in [6, 6.07) is 7.74. The lowest BCUT2D eigenvalue weighted by Crippen LogP contribution is -2.00. The van der Waals surface area contributed by atoms with Crippen molar-refractivity contribution in [2.24, 2.45) is 0 Å². The number of anilines is 2. The van der Waals surface area contributed by atoms with E-state index < -0.39 is 0 Å². The fourth-order valence-corrected chi connectivity index (χ4v) is 2.70. The summed E-state index contributed by atoms with van der Waals surface area (Å²) >= 11 is 1.71. The van der Waals surface area contributed by atoms with E-state index in [0.717, 1.165) is 33.8 Å². The summed E-state index contributed by atoms with van der Waals surface area (Å²) in [6.07, 6.45) is 3.68. The molecule has 0 fully saturated rings. The number of thiazole rings is 1. The lowest BCUT2D eigenvalue weighted by Gasteiger charge is -2.08. The minimum Gasteiger partial charge on any atom is -0.399 e. The van der Waals surface area contributed by atoms with Crippen LogP contribution in [0.25, 0.3) is 10.9 Å². The zero-order valence-corrected chi connectivity index (χ0v) is 11.4. The molecule has 19 heavy (non-hydrogen) atoms. The number of aromatic nitrogens is 2. The highest BCUT2D eigenvalue weighted by Gasteiger charge is 2.03. The molecule has 5 heteroatoms. The van der Waals surface area contributed by atoms with E-state index in [4.69, 9.17) is 5.73 Å². The lowest BCUT2D eigenvalue weighted by molar-refractivity contribution is 1.10. The average Bonchev–Trinajstić information content (AvgIpc) is 2.81. The quantitative estimate of drug-likeness (QED) is 0.717. The molecule has 4 nitrogen and oxygen atoms in total. The minimum atomic E-state index is 0.724. The predicted octanol–water partition coefficient (Wildman–Crippen LogP) is 3.19. The Balaban J connectivity index is 1.88. The van der Waals surface area contributed by atoms with Gasteiger partial charge in [0.2, 0.25) is 0 Å². The number of nitrogens with two attached hydrogens (primary N) is 1. The van der Waals surface area contributed by atoms with E-state index in [2.05, 4.69) is 22.2 Å². The molecule has 96 valence electrons. The van der Waals surface area contributed by atoms with Crippen molar-refractivity contribution in [2.75, 3.05) is 11.1 Å². The Morgan fingerprint density at radius 3 is 2.95 bits per heavy atom. The normalized spacial score (nSPS) is 10.8. The maximum atomic E-state index is 5.77. The Morgan fingerprint density at radius 1 is 1.26 bits per heavy atom. The number of hydrogen-bond donors (Lipinski definition) is 2. The number of nitrogen functional groups attached to an aromatic ring is 1. The number of pyridine rings is 1. The summed E-state index contributed by atoms with van der Waals surface area (Å²) in [5, 5.41) is 5.56. The summed E-state index contributed by atoms with van der Waals surface area (Å²) in [5.41, 5.74) is 8.46. The molecular weight excluding hydrogens is 256 g/mol. The molecule has 0 amide bonds. The summed E-state index contributed by atoms with van der Waals surface area (Å²) in [6.45, 7) is 2.79. The first kappa shape index (κ1) is 11.9. The van der Waals surface area contributed by atoms with Gasteiger partial charge >= 0.3 is 0 Å². The molecule has 0 aliphatic carbocycles. The second-order valence-electron chi connectivity index (χ2n) is 4.35. The van der Waals surface area contributed by atoms with E-state index >= 15 is 0 Å². The molecule has 1 aromatic carbocycles. The van der Waals surface area contributed by atoms with Crippen LogP contribution < -0.4 is 11.1 Å². The first-order valence-electron chi connectivity index (χ1n) is 6.02. The second-order valence-corrected chi connectivity index (χ2v) is 5.67. The first-order chi connectivity index (χ1) is 9.22. The highest BCUT2D eigenvalue weighted by molar-refractivity contribution is 7.11. The van der Waals surface area contributed by atoms with Crippen molar-refractivity contribution in [2.45, 2.75) is 13.5 Å². The van der Waals surface area contributed by atoms with E-state index in [1.54, 1.807) is 17.5 Å². The van der Waals surface area contributed by atoms with Crippen LogP contribution in [0.2, 0.25) is 0 Å². The van der Waals surface area contributed by atoms with Gasteiger partial charge in [-0.3, -0.25) is 4.98 Å². The first-order valence-corrected chi connectivity index (χ1v) is 6.83. The van der Waals surface area contributed by atoms with E-state index in [0.29, 0.717) is 0 Å². The molecule has 0 aliphatic rings. The summed E-state index contributed by atoms with van der Waals surface area (Å²) in [7, 11) is 0.